The first-order chi connectivity index (χ1) is 13.4. The van der Waals surface area contributed by atoms with E-state index in [1.165, 1.54) is 0 Å². The van der Waals surface area contributed by atoms with Gasteiger partial charge in [-0.05, 0) is 49.8 Å². The van der Waals surface area contributed by atoms with Gasteiger partial charge in [-0.15, -0.1) is 0 Å². The van der Waals surface area contributed by atoms with E-state index in [4.69, 9.17) is 0 Å². The molecule has 4 amide bonds. The van der Waals surface area contributed by atoms with Crippen molar-refractivity contribution in [3.63, 3.8) is 0 Å². The lowest BCUT2D eigenvalue weighted by Gasteiger charge is -2.26. The number of carbonyl (C=O) groups excluding carboxylic acids is 3. The van der Waals surface area contributed by atoms with Crippen LogP contribution < -0.4 is 16.0 Å². The summed E-state index contributed by atoms with van der Waals surface area (Å²) in [6.45, 7) is 4.08. The molecule has 0 spiro atoms. The zero-order chi connectivity index (χ0) is 19.9. The Morgan fingerprint density at radius 1 is 1.07 bits per heavy atom. The fraction of sp³-hybridized carbons (Fsp3) is 0.318. The molecule has 1 aliphatic heterocycles. The molecule has 2 aromatic rings. The van der Waals surface area contributed by atoms with Crippen LogP contribution in [0.5, 0.6) is 0 Å². The van der Waals surface area contributed by atoms with Crippen molar-refractivity contribution in [3.8, 4) is 11.1 Å². The van der Waals surface area contributed by atoms with Gasteiger partial charge in [0.05, 0.1) is 6.54 Å². The van der Waals surface area contributed by atoms with Gasteiger partial charge in [-0.1, -0.05) is 47.5 Å². The van der Waals surface area contributed by atoms with Crippen molar-refractivity contribution in [3.05, 3.63) is 59.2 Å². The molecule has 0 radical (unpaired) electrons. The molecule has 0 unspecified atom stereocenters. The van der Waals surface area contributed by atoms with Gasteiger partial charge in [0.15, 0.2) is 0 Å². The minimum absolute atomic E-state index is 0.0637. The van der Waals surface area contributed by atoms with E-state index >= 15 is 0 Å². The van der Waals surface area contributed by atoms with Gasteiger partial charge in [0.2, 0.25) is 0 Å². The molecule has 1 aliphatic carbocycles. The van der Waals surface area contributed by atoms with Gasteiger partial charge in [0, 0.05) is 5.56 Å². The predicted molar refractivity (Wildman–Crippen MR) is 106 cm³/mol. The van der Waals surface area contributed by atoms with Crippen molar-refractivity contribution in [1.82, 2.24) is 16.0 Å². The third-order valence-electron chi connectivity index (χ3n) is 5.55. The number of carbonyl (C=O) groups is 3. The zero-order valence-corrected chi connectivity index (χ0v) is 16.0. The number of hydrogen-bond acceptors (Lipinski definition) is 3. The average Bonchev–Trinajstić information content (AvgIpc) is 3.47. The highest BCUT2D eigenvalue weighted by Crippen LogP contribution is 2.41. The molecule has 144 valence electrons. The minimum Gasteiger partial charge on any atom is -0.349 e. The number of amides is 4. The largest absolute Gasteiger partial charge is 0.349 e. The van der Waals surface area contributed by atoms with Gasteiger partial charge in [0.1, 0.15) is 5.54 Å². The Kier molecular flexibility index (Phi) is 4.41. The summed E-state index contributed by atoms with van der Waals surface area (Å²) in [6, 6.07) is 13.2. The molecule has 28 heavy (non-hydrogen) atoms. The summed E-state index contributed by atoms with van der Waals surface area (Å²) < 4.78 is 0. The summed E-state index contributed by atoms with van der Waals surface area (Å²) in [4.78, 5) is 37.0. The molecule has 6 heteroatoms. The van der Waals surface area contributed by atoms with E-state index < -0.39 is 11.6 Å². The number of imide groups is 1. The quantitative estimate of drug-likeness (QED) is 0.700. The van der Waals surface area contributed by atoms with Crippen LogP contribution in [0.15, 0.2) is 42.5 Å². The van der Waals surface area contributed by atoms with Gasteiger partial charge >= 0.3 is 6.03 Å². The third kappa shape index (κ3) is 3.26. The van der Waals surface area contributed by atoms with Crippen LogP contribution in [-0.4, -0.2) is 29.9 Å². The molecular weight excluding hydrogens is 354 g/mol. The van der Waals surface area contributed by atoms with Crippen LogP contribution in [0.1, 0.15) is 34.3 Å². The molecule has 6 nitrogen and oxygen atoms in total. The lowest BCUT2D eigenvalue weighted by atomic mass is 9.92. The number of benzene rings is 2. The number of nitrogens with one attached hydrogen (secondary N) is 3. The molecule has 1 saturated carbocycles. The molecule has 2 aliphatic rings. The van der Waals surface area contributed by atoms with E-state index in [9.17, 15) is 14.4 Å². The van der Waals surface area contributed by atoms with Crippen LogP contribution in [0.25, 0.3) is 11.1 Å². The van der Waals surface area contributed by atoms with Crippen LogP contribution in [0.3, 0.4) is 0 Å². The lowest BCUT2D eigenvalue weighted by Crippen LogP contribution is -2.57. The van der Waals surface area contributed by atoms with E-state index in [1.54, 1.807) is 6.07 Å². The van der Waals surface area contributed by atoms with Gasteiger partial charge in [-0.25, -0.2) is 4.79 Å². The highest BCUT2D eigenvalue weighted by atomic mass is 16.2. The van der Waals surface area contributed by atoms with E-state index in [0.29, 0.717) is 5.56 Å². The van der Waals surface area contributed by atoms with Gasteiger partial charge in [0.25, 0.3) is 11.8 Å². The first kappa shape index (κ1) is 18.2. The smallest absolute Gasteiger partial charge is 0.322 e. The second-order valence-electron chi connectivity index (χ2n) is 7.75. The number of urea groups is 1. The molecule has 3 N–H and O–H groups in total. The van der Waals surface area contributed by atoms with Crippen LogP contribution in [0.2, 0.25) is 0 Å². The van der Waals surface area contributed by atoms with Crippen LogP contribution in [0.4, 0.5) is 4.79 Å². The van der Waals surface area contributed by atoms with E-state index in [2.05, 4.69) is 16.0 Å². The van der Waals surface area contributed by atoms with Crippen molar-refractivity contribution >= 4 is 17.8 Å². The van der Waals surface area contributed by atoms with Crippen LogP contribution >= 0.6 is 0 Å². The second kappa shape index (κ2) is 6.78. The fourth-order valence-corrected chi connectivity index (χ4v) is 3.78. The summed E-state index contributed by atoms with van der Waals surface area (Å²) >= 11 is 0. The van der Waals surface area contributed by atoms with E-state index in [-0.39, 0.29) is 24.3 Å². The van der Waals surface area contributed by atoms with Gasteiger partial charge in [-0.2, -0.15) is 0 Å². The van der Waals surface area contributed by atoms with Crippen LogP contribution in [0, 0.1) is 19.8 Å². The zero-order valence-electron chi connectivity index (χ0n) is 16.0. The van der Waals surface area contributed by atoms with Crippen molar-refractivity contribution in [2.75, 3.05) is 6.54 Å². The van der Waals surface area contributed by atoms with E-state index in [1.807, 2.05) is 50.2 Å². The van der Waals surface area contributed by atoms with Crippen LogP contribution in [-0.2, 0) is 4.79 Å². The van der Waals surface area contributed by atoms with Crippen molar-refractivity contribution < 1.29 is 14.4 Å². The molecule has 0 aromatic heterocycles. The average molecular weight is 377 g/mol. The summed E-state index contributed by atoms with van der Waals surface area (Å²) in [5.74, 6) is -0.554. The Morgan fingerprint density at radius 2 is 1.75 bits per heavy atom. The molecule has 2 aromatic carbocycles. The maximum atomic E-state index is 13.0. The third-order valence-corrected chi connectivity index (χ3v) is 5.55. The topological polar surface area (TPSA) is 87.3 Å². The minimum atomic E-state index is -1.04. The van der Waals surface area contributed by atoms with Gasteiger partial charge in [-0.3, -0.25) is 14.9 Å². The lowest BCUT2D eigenvalue weighted by molar-refractivity contribution is -0.124. The summed E-state index contributed by atoms with van der Waals surface area (Å²) in [6.07, 6.45) is 1.73. The summed E-state index contributed by atoms with van der Waals surface area (Å²) in [5.41, 5.74) is 3.52. The van der Waals surface area contributed by atoms with Crippen molar-refractivity contribution in [2.45, 2.75) is 32.2 Å². The molecule has 1 atom stereocenters. The summed E-state index contributed by atoms with van der Waals surface area (Å²) in [5, 5.41) is 7.92. The molecule has 1 heterocycles. The maximum Gasteiger partial charge on any atom is 0.322 e. The maximum absolute atomic E-state index is 13.0. The SMILES string of the molecule is Cc1ccc(-c2cc(C)ccc2C(=O)NC[C@@]2(C3CC3)NC(=O)NC2=O)cc1. The molecule has 0 bridgehead atoms. The Labute approximate surface area is 163 Å². The van der Waals surface area contributed by atoms with Crippen molar-refractivity contribution in [2.24, 2.45) is 5.92 Å². The Bertz CT molecular complexity index is 963. The normalized spacial score (nSPS) is 21.2. The summed E-state index contributed by atoms with van der Waals surface area (Å²) in [7, 11) is 0. The first-order valence-corrected chi connectivity index (χ1v) is 9.48. The second-order valence-corrected chi connectivity index (χ2v) is 7.75. The highest BCUT2D eigenvalue weighted by molar-refractivity contribution is 6.08. The Balaban J connectivity index is 1.59. The Morgan fingerprint density at radius 3 is 2.36 bits per heavy atom. The van der Waals surface area contributed by atoms with Gasteiger partial charge < -0.3 is 10.6 Å². The highest BCUT2D eigenvalue weighted by Gasteiger charge is 2.56. The number of hydrogen-bond donors (Lipinski definition) is 3. The number of aryl methyl sites for hydroxylation is 2. The molecule has 2 fully saturated rings. The monoisotopic (exact) mass is 377 g/mol. The fourth-order valence-electron chi connectivity index (χ4n) is 3.78. The van der Waals surface area contributed by atoms with Crippen molar-refractivity contribution in [1.29, 1.82) is 0 Å². The predicted octanol–water partition coefficient (Wildman–Crippen LogP) is 2.69. The number of rotatable bonds is 5. The first-order valence-electron chi connectivity index (χ1n) is 9.48. The standard InChI is InChI=1S/C22H23N3O3/c1-13-3-6-15(7-4-13)18-11-14(2)5-10-17(18)19(26)23-12-22(16-8-9-16)20(27)24-21(28)25-22/h3-7,10-11,16H,8-9,12H2,1-2H3,(H,23,26)(H2,24,25,27,28)/t22-/m0/s1. The van der Waals surface area contributed by atoms with E-state index in [0.717, 1.165) is 35.1 Å². The Hall–Kier alpha value is -3.15. The molecule has 1 saturated heterocycles. The molecule has 4 rings (SSSR count). The molecular formula is C22H23N3O3.